The second kappa shape index (κ2) is 11.0. The SMILES string of the molecule is CCCCCc1nc(CCC(C)C)n(Cc2ccc(-c3ccccc3-c3nnn[nH]3)cc2)n1. The molecular formula is C26H33N7. The Hall–Kier alpha value is -3.35. The van der Waals surface area contributed by atoms with Gasteiger partial charge in [0.1, 0.15) is 5.82 Å². The van der Waals surface area contributed by atoms with Crippen LogP contribution in [-0.2, 0) is 19.4 Å². The molecule has 2 aromatic carbocycles. The van der Waals surface area contributed by atoms with Gasteiger partial charge in [0.15, 0.2) is 11.6 Å². The van der Waals surface area contributed by atoms with Gasteiger partial charge in [-0.1, -0.05) is 82.1 Å². The van der Waals surface area contributed by atoms with Crippen molar-refractivity contribution < 1.29 is 0 Å². The molecule has 0 aliphatic carbocycles. The number of H-pyrrole nitrogens is 1. The summed E-state index contributed by atoms with van der Waals surface area (Å²) in [6.07, 6.45) is 6.64. The molecule has 0 unspecified atom stereocenters. The van der Waals surface area contributed by atoms with E-state index in [0.717, 1.165) is 60.6 Å². The summed E-state index contributed by atoms with van der Waals surface area (Å²) in [7, 11) is 0. The molecule has 172 valence electrons. The fourth-order valence-corrected chi connectivity index (χ4v) is 3.97. The van der Waals surface area contributed by atoms with Crippen molar-refractivity contribution in [2.75, 3.05) is 0 Å². The third-order valence-electron chi connectivity index (χ3n) is 5.87. The van der Waals surface area contributed by atoms with Crippen LogP contribution in [0.25, 0.3) is 22.5 Å². The lowest BCUT2D eigenvalue weighted by Gasteiger charge is -2.10. The summed E-state index contributed by atoms with van der Waals surface area (Å²) in [5.74, 6) is 3.40. The monoisotopic (exact) mass is 443 g/mol. The Kier molecular flexibility index (Phi) is 7.60. The Bertz CT molecular complexity index is 1130. The van der Waals surface area contributed by atoms with E-state index in [4.69, 9.17) is 10.1 Å². The summed E-state index contributed by atoms with van der Waals surface area (Å²) in [5, 5.41) is 19.2. The van der Waals surface area contributed by atoms with E-state index in [0.29, 0.717) is 11.7 Å². The smallest absolute Gasteiger partial charge is 0.180 e. The molecule has 0 fully saturated rings. The lowest BCUT2D eigenvalue weighted by Crippen LogP contribution is -2.08. The van der Waals surface area contributed by atoms with Crippen LogP contribution in [0.3, 0.4) is 0 Å². The molecule has 33 heavy (non-hydrogen) atoms. The van der Waals surface area contributed by atoms with Gasteiger partial charge in [-0.25, -0.2) is 14.8 Å². The van der Waals surface area contributed by atoms with Crippen molar-refractivity contribution in [1.29, 1.82) is 0 Å². The molecule has 0 aliphatic heterocycles. The lowest BCUT2D eigenvalue weighted by atomic mass is 9.98. The Labute approximate surface area is 195 Å². The maximum atomic E-state index is 4.88. The highest BCUT2D eigenvalue weighted by Crippen LogP contribution is 2.29. The fourth-order valence-electron chi connectivity index (χ4n) is 3.97. The van der Waals surface area contributed by atoms with E-state index in [2.05, 4.69) is 76.4 Å². The van der Waals surface area contributed by atoms with Crippen LogP contribution in [0.15, 0.2) is 48.5 Å². The molecule has 2 aromatic heterocycles. The van der Waals surface area contributed by atoms with Gasteiger partial charge in [-0.05, 0) is 45.9 Å². The Balaban J connectivity index is 1.53. The van der Waals surface area contributed by atoms with E-state index in [9.17, 15) is 0 Å². The van der Waals surface area contributed by atoms with Crippen LogP contribution >= 0.6 is 0 Å². The van der Waals surface area contributed by atoms with Gasteiger partial charge in [-0.15, -0.1) is 5.10 Å². The summed E-state index contributed by atoms with van der Waals surface area (Å²) in [6, 6.07) is 16.8. The topological polar surface area (TPSA) is 85.2 Å². The number of benzene rings is 2. The van der Waals surface area contributed by atoms with Crippen LogP contribution in [-0.4, -0.2) is 35.4 Å². The van der Waals surface area contributed by atoms with E-state index < -0.39 is 0 Å². The van der Waals surface area contributed by atoms with Crippen LogP contribution in [0.5, 0.6) is 0 Å². The summed E-state index contributed by atoms with van der Waals surface area (Å²) in [5.41, 5.74) is 4.43. The number of aromatic amines is 1. The molecule has 0 saturated heterocycles. The quantitative estimate of drug-likeness (QED) is 0.310. The fraction of sp³-hybridized carbons (Fsp3) is 0.423. The first-order valence-electron chi connectivity index (χ1n) is 12.0. The molecule has 7 heteroatoms. The predicted octanol–water partition coefficient (Wildman–Crippen LogP) is 5.49. The Morgan fingerprint density at radius 3 is 2.42 bits per heavy atom. The summed E-state index contributed by atoms with van der Waals surface area (Å²) < 4.78 is 2.10. The zero-order chi connectivity index (χ0) is 23.0. The number of tetrazole rings is 1. The van der Waals surface area contributed by atoms with E-state index in [-0.39, 0.29) is 0 Å². The van der Waals surface area contributed by atoms with Gasteiger partial charge in [0.25, 0.3) is 0 Å². The average molecular weight is 444 g/mol. The lowest BCUT2D eigenvalue weighted by molar-refractivity contribution is 0.546. The number of aromatic nitrogens is 7. The van der Waals surface area contributed by atoms with Gasteiger partial charge in [0.05, 0.1) is 6.54 Å². The number of aryl methyl sites for hydroxylation is 2. The van der Waals surface area contributed by atoms with Crippen molar-refractivity contribution in [3.8, 4) is 22.5 Å². The highest BCUT2D eigenvalue weighted by Gasteiger charge is 2.13. The minimum atomic E-state index is 0.651. The molecule has 0 saturated carbocycles. The van der Waals surface area contributed by atoms with E-state index in [1.165, 1.54) is 18.4 Å². The number of hydrogen-bond acceptors (Lipinski definition) is 5. The number of hydrogen-bond donors (Lipinski definition) is 1. The first-order chi connectivity index (χ1) is 16.1. The molecule has 0 radical (unpaired) electrons. The normalized spacial score (nSPS) is 11.4. The molecule has 0 atom stereocenters. The largest absolute Gasteiger partial charge is 0.245 e. The molecule has 1 N–H and O–H groups in total. The van der Waals surface area contributed by atoms with E-state index in [1.807, 2.05) is 18.2 Å². The molecule has 7 nitrogen and oxygen atoms in total. The van der Waals surface area contributed by atoms with Crippen molar-refractivity contribution in [2.45, 2.75) is 65.8 Å². The zero-order valence-corrected chi connectivity index (χ0v) is 19.8. The number of unbranched alkanes of at least 4 members (excludes halogenated alkanes) is 2. The Morgan fingerprint density at radius 1 is 0.939 bits per heavy atom. The predicted molar refractivity (Wildman–Crippen MR) is 131 cm³/mol. The minimum absolute atomic E-state index is 0.651. The van der Waals surface area contributed by atoms with Crippen molar-refractivity contribution >= 4 is 0 Å². The number of rotatable bonds is 11. The zero-order valence-electron chi connectivity index (χ0n) is 19.8. The number of nitrogens with zero attached hydrogens (tertiary/aromatic N) is 6. The standard InChI is InChI=1S/C26H33N7/c1-4-5-6-11-24-27-25(17-12-19(2)3)33(30-24)18-20-13-15-21(16-14-20)22-9-7-8-10-23(22)26-28-31-32-29-26/h7-10,13-16,19H,4-6,11-12,17-18H2,1-3H3,(H,28,29,31,32). The molecule has 0 spiro atoms. The van der Waals surface area contributed by atoms with Crippen LogP contribution in [0, 0.1) is 5.92 Å². The van der Waals surface area contributed by atoms with Gasteiger partial charge < -0.3 is 0 Å². The van der Waals surface area contributed by atoms with E-state index >= 15 is 0 Å². The van der Waals surface area contributed by atoms with Gasteiger partial charge in [0, 0.05) is 18.4 Å². The Morgan fingerprint density at radius 2 is 1.73 bits per heavy atom. The highest BCUT2D eigenvalue weighted by atomic mass is 15.5. The second-order valence-corrected chi connectivity index (χ2v) is 8.98. The van der Waals surface area contributed by atoms with Crippen molar-refractivity contribution in [3.05, 3.63) is 65.7 Å². The summed E-state index contributed by atoms with van der Waals surface area (Å²) in [4.78, 5) is 4.88. The maximum absolute atomic E-state index is 4.88. The summed E-state index contributed by atoms with van der Waals surface area (Å²) >= 11 is 0. The molecule has 0 bridgehead atoms. The van der Waals surface area contributed by atoms with Gasteiger partial charge in [0.2, 0.25) is 0 Å². The minimum Gasteiger partial charge on any atom is -0.245 e. The molecule has 2 heterocycles. The molecular weight excluding hydrogens is 410 g/mol. The highest BCUT2D eigenvalue weighted by molar-refractivity contribution is 5.80. The summed E-state index contributed by atoms with van der Waals surface area (Å²) in [6.45, 7) is 7.48. The van der Waals surface area contributed by atoms with Crippen LogP contribution in [0.1, 0.15) is 63.7 Å². The van der Waals surface area contributed by atoms with Crippen molar-refractivity contribution in [2.24, 2.45) is 5.92 Å². The van der Waals surface area contributed by atoms with E-state index in [1.54, 1.807) is 0 Å². The van der Waals surface area contributed by atoms with Gasteiger partial charge in [-0.2, -0.15) is 5.10 Å². The van der Waals surface area contributed by atoms with Crippen molar-refractivity contribution in [1.82, 2.24) is 35.4 Å². The van der Waals surface area contributed by atoms with Gasteiger partial charge in [-0.3, -0.25) is 0 Å². The van der Waals surface area contributed by atoms with Gasteiger partial charge >= 0.3 is 0 Å². The third kappa shape index (κ3) is 5.92. The molecule has 0 amide bonds. The van der Waals surface area contributed by atoms with Crippen LogP contribution < -0.4 is 0 Å². The average Bonchev–Trinajstić information content (AvgIpc) is 3.49. The second-order valence-electron chi connectivity index (χ2n) is 8.98. The first-order valence-corrected chi connectivity index (χ1v) is 12.0. The van der Waals surface area contributed by atoms with Crippen molar-refractivity contribution in [3.63, 3.8) is 0 Å². The third-order valence-corrected chi connectivity index (χ3v) is 5.87. The molecule has 4 rings (SSSR count). The molecule has 4 aromatic rings. The molecule has 0 aliphatic rings. The number of nitrogens with one attached hydrogen (secondary N) is 1. The van der Waals surface area contributed by atoms with Crippen LogP contribution in [0.2, 0.25) is 0 Å². The van der Waals surface area contributed by atoms with Crippen LogP contribution in [0.4, 0.5) is 0 Å². The first kappa shape index (κ1) is 22.8. The maximum Gasteiger partial charge on any atom is 0.180 e.